The average Bonchev–Trinajstić information content (AvgIpc) is 2.38. The molecule has 0 spiro atoms. The third kappa shape index (κ3) is 4.39. The fourth-order valence-corrected chi connectivity index (χ4v) is 4.74. The minimum absolute atomic E-state index is 0.0414. The SMILES string of the molecule is CC(CS(C)(=O)=O)NCC1CCCS1(=O)=O. The van der Waals surface area contributed by atoms with E-state index in [1.807, 2.05) is 0 Å². The van der Waals surface area contributed by atoms with Crippen LogP contribution in [-0.2, 0) is 19.7 Å². The number of sulfone groups is 2. The van der Waals surface area contributed by atoms with Gasteiger partial charge < -0.3 is 5.32 Å². The smallest absolute Gasteiger partial charge is 0.154 e. The molecule has 0 saturated carbocycles. The molecule has 1 fully saturated rings. The highest BCUT2D eigenvalue weighted by Gasteiger charge is 2.31. The highest BCUT2D eigenvalue weighted by Crippen LogP contribution is 2.19. The third-order valence-corrected chi connectivity index (χ3v) is 6.09. The van der Waals surface area contributed by atoms with E-state index in [1.54, 1.807) is 6.92 Å². The number of hydrogen-bond donors (Lipinski definition) is 1. The van der Waals surface area contributed by atoms with Gasteiger partial charge in [0.1, 0.15) is 9.84 Å². The summed E-state index contributed by atoms with van der Waals surface area (Å²) in [6.07, 6.45) is 2.58. The van der Waals surface area contributed by atoms with E-state index in [0.29, 0.717) is 13.0 Å². The van der Waals surface area contributed by atoms with Crippen molar-refractivity contribution in [3.63, 3.8) is 0 Å². The van der Waals surface area contributed by atoms with Gasteiger partial charge in [0.2, 0.25) is 0 Å². The molecule has 1 saturated heterocycles. The first kappa shape index (κ1) is 13.9. The van der Waals surface area contributed by atoms with Crippen LogP contribution in [0.4, 0.5) is 0 Å². The summed E-state index contributed by atoms with van der Waals surface area (Å²) in [4.78, 5) is 0. The van der Waals surface area contributed by atoms with Crippen LogP contribution in [0.1, 0.15) is 19.8 Å². The Labute approximate surface area is 97.5 Å². The zero-order chi connectivity index (χ0) is 12.4. The Balaban J connectivity index is 2.41. The van der Waals surface area contributed by atoms with E-state index in [0.717, 1.165) is 6.42 Å². The Kier molecular flexibility index (Phi) is 4.36. The number of hydrogen-bond acceptors (Lipinski definition) is 5. The minimum Gasteiger partial charge on any atom is -0.312 e. The van der Waals surface area contributed by atoms with Gasteiger partial charge in [-0.2, -0.15) is 0 Å². The lowest BCUT2D eigenvalue weighted by atomic mass is 10.2. The summed E-state index contributed by atoms with van der Waals surface area (Å²) >= 11 is 0. The van der Waals surface area contributed by atoms with Crippen molar-refractivity contribution in [1.82, 2.24) is 5.32 Å². The first-order valence-electron chi connectivity index (χ1n) is 5.33. The van der Waals surface area contributed by atoms with Gasteiger partial charge in [-0.25, -0.2) is 16.8 Å². The fourth-order valence-electron chi connectivity index (χ4n) is 1.93. The molecule has 0 aliphatic carbocycles. The van der Waals surface area contributed by atoms with Crippen LogP contribution in [0, 0.1) is 0 Å². The summed E-state index contributed by atoms with van der Waals surface area (Å²) in [5, 5.41) is 2.64. The molecule has 1 rings (SSSR count). The maximum atomic E-state index is 11.5. The van der Waals surface area contributed by atoms with Gasteiger partial charge >= 0.3 is 0 Å². The molecule has 1 heterocycles. The van der Waals surface area contributed by atoms with Gasteiger partial charge in [0.05, 0.1) is 16.8 Å². The third-order valence-electron chi connectivity index (χ3n) is 2.71. The van der Waals surface area contributed by atoms with Crippen molar-refractivity contribution in [2.24, 2.45) is 0 Å². The standard InChI is InChI=1S/C9H19NO4S2/c1-8(7-15(2,11)12)10-6-9-4-3-5-16(9,13)14/h8-10H,3-7H2,1-2H3. The van der Waals surface area contributed by atoms with Crippen molar-refractivity contribution in [3.8, 4) is 0 Å². The number of rotatable bonds is 5. The summed E-state index contributed by atoms with van der Waals surface area (Å²) < 4.78 is 45.0. The van der Waals surface area contributed by atoms with E-state index in [2.05, 4.69) is 5.32 Å². The molecule has 1 aliphatic heterocycles. The lowest BCUT2D eigenvalue weighted by Gasteiger charge is -2.15. The van der Waals surface area contributed by atoms with Crippen LogP contribution in [0.3, 0.4) is 0 Å². The molecule has 0 aromatic rings. The van der Waals surface area contributed by atoms with Crippen molar-refractivity contribution in [2.75, 3.05) is 24.3 Å². The molecular weight excluding hydrogens is 250 g/mol. The van der Waals surface area contributed by atoms with Gasteiger partial charge in [-0.1, -0.05) is 0 Å². The maximum absolute atomic E-state index is 11.5. The van der Waals surface area contributed by atoms with E-state index in [-0.39, 0.29) is 22.8 Å². The second kappa shape index (κ2) is 5.01. The second-order valence-corrected chi connectivity index (χ2v) is 9.12. The lowest BCUT2D eigenvalue weighted by Crippen LogP contribution is -2.39. The molecule has 0 aromatic carbocycles. The molecule has 0 amide bonds. The van der Waals surface area contributed by atoms with Crippen molar-refractivity contribution in [3.05, 3.63) is 0 Å². The Bertz CT molecular complexity index is 426. The van der Waals surface area contributed by atoms with Crippen LogP contribution in [-0.4, -0.2) is 52.4 Å². The van der Waals surface area contributed by atoms with E-state index in [4.69, 9.17) is 0 Å². The predicted molar refractivity (Wildman–Crippen MR) is 64.0 cm³/mol. The van der Waals surface area contributed by atoms with Crippen LogP contribution in [0.2, 0.25) is 0 Å². The van der Waals surface area contributed by atoms with E-state index >= 15 is 0 Å². The molecule has 0 bridgehead atoms. The fraction of sp³-hybridized carbons (Fsp3) is 1.00. The first-order valence-corrected chi connectivity index (χ1v) is 9.11. The molecule has 2 atom stereocenters. The summed E-state index contributed by atoms with van der Waals surface area (Å²) in [5.74, 6) is 0.305. The summed E-state index contributed by atoms with van der Waals surface area (Å²) in [6, 6.07) is -0.203. The molecule has 5 nitrogen and oxygen atoms in total. The van der Waals surface area contributed by atoms with Crippen molar-refractivity contribution >= 4 is 19.7 Å². The summed E-state index contributed by atoms with van der Waals surface area (Å²) in [7, 11) is -5.95. The lowest BCUT2D eigenvalue weighted by molar-refractivity contribution is 0.538. The van der Waals surface area contributed by atoms with Crippen LogP contribution < -0.4 is 5.32 Å². The van der Waals surface area contributed by atoms with Gasteiger partial charge in [-0.3, -0.25) is 0 Å². The summed E-state index contributed by atoms with van der Waals surface area (Å²) in [5.41, 5.74) is 0. The van der Waals surface area contributed by atoms with E-state index < -0.39 is 19.7 Å². The second-order valence-electron chi connectivity index (χ2n) is 4.53. The van der Waals surface area contributed by atoms with Gasteiger partial charge in [-0.15, -0.1) is 0 Å². The van der Waals surface area contributed by atoms with Gasteiger partial charge in [0, 0.05) is 18.8 Å². The zero-order valence-corrected chi connectivity index (χ0v) is 11.3. The van der Waals surface area contributed by atoms with Gasteiger partial charge in [-0.05, 0) is 19.8 Å². The Hall–Kier alpha value is -0.140. The quantitative estimate of drug-likeness (QED) is 0.733. The van der Waals surface area contributed by atoms with Crippen molar-refractivity contribution in [2.45, 2.75) is 31.1 Å². The Morgan fingerprint density at radius 3 is 2.50 bits per heavy atom. The summed E-state index contributed by atoms with van der Waals surface area (Å²) in [6.45, 7) is 2.11. The van der Waals surface area contributed by atoms with E-state index in [1.165, 1.54) is 6.26 Å². The molecule has 1 aliphatic rings. The van der Waals surface area contributed by atoms with Gasteiger partial charge in [0.25, 0.3) is 0 Å². The predicted octanol–water partition coefficient (Wildman–Crippen LogP) is -0.414. The van der Waals surface area contributed by atoms with Crippen LogP contribution in [0.15, 0.2) is 0 Å². The Morgan fingerprint density at radius 1 is 1.44 bits per heavy atom. The topological polar surface area (TPSA) is 80.3 Å². The molecule has 0 aromatic heterocycles. The highest BCUT2D eigenvalue weighted by molar-refractivity contribution is 7.92. The van der Waals surface area contributed by atoms with Crippen LogP contribution in [0.5, 0.6) is 0 Å². The highest BCUT2D eigenvalue weighted by atomic mass is 32.2. The van der Waals surface area contributed by atoms with Crippen LogP contribution in [0.25, 0.3) is 0 Å². The average molecular weight is 269 g/mol. The van der Waals surface area contributed by atoms with Gasteiger partial charge in [0.15, 0.2) is 9.84 Å². The first-order chi connectivity index (χ1) is 7.21. The monoisotopic (exact) mass is 269 g/mol. The zero-order valence-electron chi connectivity index (χ0n) is 9.64. The Morgan fingerprint density at radius 2 is 2.06 bits per heavy atom. The van der Waals surface area contributed by atoms with Crippen LogP contribution >= 0.6 is 0 Å². The molecule has 2 unspecified atom stereocenters. The van der Waals surface area contributed by atoms with Crippen molar-refractivity contribution in [1.29, 1.82) is 0 Å². The van der Waals surface area contributed by atoms with Crippen molar-refractivity contribution < 1.29 is 16.8 Å². The normalized spacial score (nSPS) is 26.8. The molecule has 16 heavy (non-hydrogen) atoms. The van der Waals surface area contributed by atoms with E-state index in [9.17, 15) is 16.8 Å². The minimum atomic E-state index is -3.01. The maximum Gasteiger partial charge on any atom is 0.154 e. The molecule has 7 heteroatoms. The number of nitrogens with one attached hydrogen (secondary N) is 1. The molecule has 96 valence electrons. The molecule has 1 N–H and O–H groups in total. The molecular formula is C9H19NO4S2. The molecule has 0 radical (unpaired) electrons. The largest absolute Gasteiger partial charge is 0.312 e.